The standard InChI is InChI=1S/C33H37N7O4/c1-20-26-29(34)35-19-36-30(26)40(37-20)21(2)28-27(24-8-6-7-9-25(24)31(41)43-28)23-12-10-22(11-13-23)18-38-14-16-39(17-15-38)32(42)44-33(3,4)5/h6-13,19,21H,14-18H2,1-5H3,(H2,34,35,36). The lowest BCUT2D eigenvalue weighted by molar-refractivity contribution is 0.0139. The van der Waals surface area contributed by atoms with E-state index in [1.54, 1.807) is 15.6 Å². The Morgan fingerprint density at radius 2 is 1.70 bits per heavy atom. The summed E-state index contributed by atoms with van der Waals surface area (Å²) in [5.74, 6) is 0.842. The molecular weight excluding hydrogens is 558 g/mol. The topological polar surface area (TPSA) is 133 Å². The maximum absolute atomic E-state index is 13.2. The number of aryl methyl sites for hydroxylation is 1. The fraction of sp³-hybridized carbons (Fsp3) is 0.364. The van der Waals surface area contributed by atoms with Crippen molar-refractivity contribution in [1.82, 2.24) is 29.5 Å². The van der Waals surface area contributed by atoms with Crippen LogP contribution in [-0.2, 0) is 11.3 Å². The summed E-state index contributed by atoms with van der Waals surface area (Å²) in [6.07, 6.45) is 1.15. The number of nitrogens with zero attached hydrogens (tertiary/aromatic N) is 6. The van der Waals surface area contributed by atoms with Crippen LogP contribution in [0.5, 0.6) is 0 Å². The number of hydrogen-bond donors (Lipinski definition) is 1. The predicted molar refractivity (Wildman–Crippen MR) is 169 cm³/mol. The van der Waals surface area contributed by atoms with Gasteiger partial charge in [0.25, 0.3) is 0 Å². The number of amides is 1. The first-order valence-electron chi connectivity index (χ1n) is 14.8. The van der Waals surface area contributed by atoms with Gasteiger partial charge in [0.15, 0.2) is 5.65 Å². The number of benzene rings is 2. The molecular formula is C33H37N7O4. The Hall–Kier alpha value is -4.77. The second-order valence-electron chi connectivity index (χ2n) is 12.3. The van der Waals surface area contributed by atoms with Crippen molar-refractivity contribution in [1.29, 1.82) is 0 Å². The molecule has 0 radical (unpaired) electrons. The van der Waals surface area contributed by atoms with E-state index in [1.807, 2.05) is 52.8 Å². The molecule has 4 heterocycles. The van der Waals surface area contributed by atoms with E-state index < -0.39 is 17.3 Å². The van der Waals surface area contributed by atoms with Crippen molar-refractivity contribution in [3.63, 3.8) is 0 Å². The van der Waals surface area contributed by atoms with Gasteiger partial charge >= 0.3 is 11.7 Å². The first kappa shape index (κ1) is 29.3. The van der Waals surface area contributed by atoms with E-state index in [0.717, 1.165) is 41.7 Å². The summed E-state index contributed by atoms with van der Waals surface area (Å²) in [7, 11) is 0. The van der Waals surface area contributed by atoms with Crippen molar-refractivity contribution < 1.29 is 13.9 Å². The highest BCUT2D eigenvalue weighted by Crippen LogP contribution is 2.36. The zero-order valence-corrected chi connectivity index (χ0v) is 25.7. The van der Waals surface area contributed by atoms with Crippen LogP contribution in [0.2, 0.25) is 0 Å². The van der Waals surface area contributed by atoms with Crippen molar-refractivity contribution in [3.8, 4) is 11.1 Å². The van der Waals surface area contributed by atoms with Crippen LogP contribution in [-0.4, -0.2) is 67.4 Å². The SMILES string of the molecule is Cc1nn(C(C)c2oc(=O)c3ccccc3c2-c2ccc(CN3CCN(C(=O)OC(C)(C)C)CC3)cc2)c2ncnc(N)c12. The zero-order chi connectivity index (χ0) is 31.2. The first-order chi connectivity index (χ1) is 21.0. The van der Waals surface area contributed by atoms with E-state index >= 15 is 0 Å². The van der Waals surface area contributed by atoms with Gasteiger partial charge in [0.2, 0.25) is 0 Å². The molecule has 1 aliphatic rings. The van der Waals surface area contributed by atoms with Gasteiger partial charge < -0.3 is 19.8 Å². The number of anilines is 1. The molecule has 228 valence electrons. The van der Waals surface area contributed by atoms with E-state index in [1.165, 1.54) is 6.33 Å². The van der Waals surface area contributed by atoms with Crippen LogP contribution in [0.1, 0.15) is 50.8 Å². The third-order valence-electron chi connectivity index (χ3n) is 7.98. The third kappa shape index (κ3) is 5.62. The van der Waals surface area contributed by atoms with Crippen molar-refractivity contribution in [2.75, 3.05) is 31.9 Å². The van der Waals surface area contributed by atoms with Crippen molar-refractivity contribution in [2.45, 2.75) is 52.8 Å². The predicted octanol–water partition coefficient (Wildman–Crippen LogP) is 5.15. The van der Waals surface area contributed by atoms with Crippen LogP contribution in [0.3, 0.4) is 0 Å². The van der Waals surface area contributed by atoms with Gasteiger partial charge in [0.1, 0.15) is 29.5 Å². The zero-order valence-electron chi connectivity index (χ0n) is 25.7. The Kier molecular flexibility index (Phi) is 7.58. The van der Waals surface area contributed by atoms with Crippen LogP contribution >= 0.6 is 0 Å². The lowest BCUT2D eigenvalue weighted by Crippen LogP contribution is -2.49. The normalized spacial score (nSPS) is 15.2. The van der Waals surface area contributed by atoms with Crippen molar-refractivity contribution in [3.05, 3.63) is 82.3 Å². The van der Waals surface area contributed by atoms with Crippen LogP contribution in [0.4, 0.5) is 10.6 Å². The number of carbonyl (C=O) groups is 1. The van der Waals surface area contributed by atoms with Gasteiger partial charge in [-0.25, -0.2) is 24.2 Å². The number of nitrogens with two attached hydrogens (primary N) is 1. The number of ether oxygens (including phenoxy) is 1. The number of carbonyl (C=O) groups excluding carboxylic acids is 1. The Balaban J connectivity index is 1.30. The van der Waals surface area contributed by atoms with E-state index in [-0.39, 0.29) is 6.09 Å². The van der Waals surface area contributed by atoms with Gasteiger partial charge in [-0.1, -0.05) is 42.5 Å². The Morgan fingerprint density at radius 3 is 2.39 bits per heavy atom. The van der Waals surface area contributed by atoms with Crippen LogP contribution in [0.15, 0.2) is 64.1 Å². The molecule has 0 aliphatic carbocycles. The fourth-order valence-electron chi connectivity index (χ4n) is 5.81. The molecule has 5 aromatic rings. The summed E-state index contributed by atoms with van der Waals surface area (Å²) in [5.41, 5.74) is 9.41. The van der Waals surface area contributed by atoms with E-state index in [2.05, 4.69) is 39.1 Å². The quantitative estimate of drug-likeness (QED) is 0.293. The highest BCUT2D eigenvalue weighted by atomic mass is 16.6. The number of hydrogen-bond acceptors (Lipinski definition) is 9. The molecule has 1 unspecified atom stereocenters. The van der Waals surface area contributed by atoms with Crippen molar-refractivity contribution >= 4 is 33.7 Å². The molecule has 0 spiro atoms. The number of rotatable bonds is 5. The maximum atomic E-state index is 13.2. The molecule has 0 saturated carbocycles. The molecule has 1 atom stereocenters. The Morgan fingerprint density at radius 1 is 1.02 bits per heavy atom. The van der Waals surface area contributed by atoms with Crippen LogP contribution in [0, 0.1) is 6.92 Å². The molecule has 11 heteroatoms. The van der Waals surface area contributed by atoms with Crippen molar-refractivity contribution in [2.24, 2.45) is 0 Å². The average molecular weight is 596 g/mol. The minimum absolute atomic E-state index is 0.262. The van der Waals surface area contributed by atoms with Crippen LogP contribution < -0.4 is 11.4 Å². The van der Waals surface area contributed by atoms with E-state index in [0.29, 0.717) is 46.8 Å². The minimum atomic E-state index is -0.506. The summed E-state index contributed by atoms with van der Waals surface area (Å²) in [6.45, 7) is 13.0. The molecule has 0 bridgehead atoms. The first-order valence-corrected chi connectivity index (χ1v) is 14.8. The molecule has 1 fully saturated rings. The molecule has 1 aliphatic heterocycles. The van der Waals surface area contributed by atoms with Gasteiger partial charge in [-0.15, -0.1) is 0 Å². The van der Waals surface area contributed by atoms with Gasteiger partial charge in [-0.3, -0.25) is 4.90 Å². The number of piperazine rings is 1. The molecule has 6 rings (SSSR count). The fourth-order valence-corrected chi connectivity index (χ4v) is 5.81. The average Bonchev–Trinajstić information content (AvgIpc) is 3.34. The number of nitrogen functional groups attached to an aromatic ring is 1. The monoisotopic (exact) mass is 595 g/mol. The number of aromatic nitrogens is 4. The summed E-state index contributed by atoms with van der Waals surface area (Å²) >= 11 is 0. The van der Waals surface area contributed by atoms with Crippen LogP contribution in [0.25, 0.3) is 32.9 Å². The smallest absolute Gasteiger partial charge is 0.410 e. The lowest BCUT2D eigenvalue weighted by atomic mass is 9.95. The number of fused-ring (bicyclic) bond motifs is 2. The Bertz CT molecular complexity index is 1900. The highest BCUT2D eigenvalue weighted by molar-refractivity contribution is 5.97. The second-order valence-corrected chi connectivity index (χ2v) is 12.3. The highest BCUT2D eigenvalue weighted by Gasteiger charge is 2.27. The van der Waals surface area contributed by atoms with E-state index in [9.17, 15) is 9.59 Å². The molecule has 2 N–H and O–H groups in total. The minimum Gasteiger partial charge on any atom is -0.444 e. The third-order valence-corrected chi connectivity index (χ3v) is 7.98. The molecule has 44 heavy (non-hydrogen) atoms. The summed E-state index contributed by atoms with van der Waals surface area (Å²) in [6, 6.07) is 15.4. The molecule has 1 amide bonds. The molecule has 3 aromatic heterocycles. The summed E-state index contributed by atoms with van der Waals surface area (Å²) in [4.78, 5) is 38.3. The summed E-state index contributed by atoms with van der Waals surface area (Å²) < 4.78 is 13.3. The molecule has 2 aromatic carbocycles. The van der Waals surface area contributed by atoms with Gasteiger partial charge in [-0.05, 0) is 51.8 Å². The lowest BCUT2D eigenvalue weighted by Gasteiger charge is -2.35. The largest absolute Gasteiger partial charge is 0.444 e. The second kappa shape index (κ2) is 11.4. The molecule has 11 nitrogen and oxygen atoms in total. The summed E-state index contributed by atoms with van der Waals surface area (Å²) in [5, 5.41) is 6.72. The van der Waals surface area contributed by atoms with E-state index in [4.69, 9.17) is 20.0 Å². The van der Waals surface area contributed by atoms with Gasteiger partial charge in [0, 0.05) is 43.7 Å². The van der Waals surface area contributed by atoms with Gasteiger partial charge in [-0.2, -0.15) is 5.10 Å². The Labute approximate surface area is 255 Å². The van der Waals surface area contributed by atoms with Gasteiger partial charge in [0.05, 0.1) is 16.5 Å². The maximum Gasteiger partial charge on any atom is 0.410 e. The molecule has 1 saturated heterocycles.